The fraction of sp³-hybridized carbons (Fsp3) is 0.417. The molecule has 0 aliphatic carbocycles. The van der Waals surface area contributed by atoms with E-state index in [1.807, 2.05) is 43.4 Å². The van der Waals surface area contributed by atoms with E-state index < -0.39 is 0 Å². The van der Waals surface area contributed by atoms with Crippen molar-refractivity contribution in [3.63, 3.8) is 0 Å². The number of likely N-dealkylation sites (tertiary alicyclic amines) is 1. The highest BCUT2D eigenvalue weighted by Crippen LogP contribution is 2.27. The molecule has 0 unspecified atom stereocenters. The Labute approximate surface area is 184 Å². The van der Waals surface area contributed by atoms with Crippen molar-refractivity contribution < 1.29 is 9.53 Å². The molecule has 1 aliphatic rings. The van der Waals surface area contributed by atoms with Crippen molar-refractivity contribution in [1.82, 2.24) is 14.7 Å². The molecule has 1 aromatic heterocycles. The van der Waals surface area contributed by atoms with Gasteiger partial charge in [0.1, 0.15) is 11.4 Å². The second-order valence-electron chi connectivity index (χ2n) is 7.98. The maximum absolute atomic E-state index is 12.8. The Balaban J connectivity index is 0.00000256. The van der Waals surface area contributed by atoms with E-state index >= 15 is 0 Å². The fourth-order valence-electron chi connectivity index (χ4n) is 4.38. The number of Topliss-reactive ketones (excluding diaryl/α,β-unsaturated/α-hetero) is 1. The van der Waals surface area contributed by atoms with Crippen LogP contribution in [0.15, 0.2) is 48.5 Å². The lowest BCUT2D eigenvalue weighted by Crippen LogP contribution is -2.33. The summed E-state index contributed by atoms with van der Waals surface area (Å²) >= 11 is 0. The predicted molar refractivity (Wildman–Crippen MR) is 123 cm³/mol. The summed E-state index contributed by atoms with van der Waals surface area (Å²) in [6.45, 7) is 3.07. The molecule has 0 bridgehead atoms. The van der Waals surface area contributed by atoms with Gasteiger partial charge in [0.15, 0.2) is 5.78 Å². The first-order chi connectivity index (χ1) is 14.2. The molecule has 0 N–H and O–H groups in total. The number of nitrogens with zero attached hydrogens (tertiary/aromatic N) is 3. The van der Waals surface area contributed by atoms with Gasteiger partial charge < -0.3 is 4.74 Å². The van der Waals surface area contributed by atoms with Gasteiger partial charge in [0.2, 0.25) is 0 Å². The van der Waals surface area contributed by atoms with Crippen LogP contribution in [0, 0.1) is 5.92 Å². The minimum absolute atomic E-state index is 0. The molecule has 0 atom stereocenters. The number of hydrogen-bond acceptors (Lipinski definition) is 4. The number of piperidine rings is 1. The standard InChI is InChI=1S/C24H29N3O2.ClH/c1-26-21-9-5-4-8-20(21)24(25-26)22(28)12-11-18-13-15-27(16-14-18)17-19-7-3-6-10-23(19)29-2;/h3-10,18H,11-17H2,1-2H3;1H. The molecule has 5 nitrogen and oxygen atoms in total. The molecule has 3 aromatic rings. The molecule has 1 fully saturated rings. The van der Waals surface area contributed by atoms with Crippen molar-refractivity contribution in [2.24, 2.45) is 13.0 Å². The number of aryl methyl sites for hydroxylation is 1. The second kappa shape index (κ2) is 10.1. The summed E-state index contributed by atoms with van der Waals surface area (Å²) in [6.07, 6.45) is 3.82. The van der Waals surface area contributed by atoms with Gasteiger partial charge in [-0.15, -0.1) is 12.4 Å². The highest BCUT2D eigenvalue weighted by atomic mass is 35.5. The van der Waals surface area contributed by atoms with Crippen LogP contribution in [0.2, 0.25) is 0 Å². The van der Waals surface area contributed by atoms with Crippen LogP contribution in [0.1, 0.15) is 41.7 Å². The van der Waals surface area contributed by atoms with E-state index in [9.17, 15) is 4.79 Å². The molecular formula is C24H30ClN3O2. The van der Waals surface area contributed by atoms with Crippen LogP contribution in [-0.4, -0.2) is 40.7 Å². The van der Waals surface area contributed by atoms with Crippen molar-refractivity contribution in [2.45, 2.75) is 32.2 Å². The van der Waals surface area contributed by atoms with E-state index in [2.05, 4.69) is 22.1 Å². The van der Waals surface area contributed by atoms with Crippen LogP contribution in [0.4, 0.5) is 0 Å². The number of aromatic nitrogens is 2. The Morgan fingerprint density at radius 2 is 1.80 bits per heavy atom. The summed E-state index contributed by atoms with van der Waals surface area (Å²) in [5.74, 6) is 1.74. The normalized spacial score (nSPS) is 15.1. The second-order valence-corrected chi connectivity index (χ2v) is 7.98. The summed E-state index contributed by atoms with van der Waals surface area (Å²) in [5, 5.41) is 5.44. The Kier molecular flexibility index (Phi) is 7.51. The molecule has 6 heteroatoms. The number of carbonyl (C=O) groups is 1. The van der Waals surface area contributed by atoms with Gasteiger partial charge in [-0.1, -0.05) is 36.4 Å². The summed E-state index contributed by atoms with van der Waals surface area (Å²) < 4.78 is 7.28. The molecule has 1 aliphatic heterocycles. The minimum Gasteiger partial charge on any atom is -0.496 e. The molecular weight excluding hydrogens is 398 g/mol. The molecule has 2 aromatic carbocycles. The molecule has 1 saturated heterocycles. The molecule has 0 saturated carbocycles. The van der Waals surface area contributed by atoms with Crippen LogP contribution in [0.5, 0.6) is 5.75 Å². The van der Waals surface area contributed by atoms with Gasteiger partial charge in [-0.25, -0.2) is 0 Å². The van der Waals surface area contributed by atoms with Gasteiger partial charge in [-0.3, -0.25) is 14.4 Å². The highest BCUT2D eigenvalue weighted by molar-refractivity contribution is 6.05. The van der Waals surface area contributed by atoms with Crippen LogP contribution in [0.25, 0.3) is 10.9 Å². The number of ketones is 1. The molecule has 4 rings (SSSR count). The highest BCUT2D eigenvalue weighted by Gasteiger charge is 2.22. The molecule has 160 valence electrons. The van der Waals surface area contributed by atoms with Gasteiger partial charge in [0.05, 0.1) is 12.6 Å². The monoisotopic (exact) mass is 427 g/mol. The zero-order valence-electron chi connectivity index (χ0n) is 17.7. The number of halogens is 1. The van der Waals surface area contributed by atoms with E-state index in [0.717, 1.165) is 55.5 Å². The van der Waals surface area contributed by atoms with E-state index in [0.29, 0.717) is 18.0 Å². The number of methoxy groups -OCH3 is 1. The first-order valence-corrected chi connectivity index (χ1v) is 10.4. The van der Waals surface area contributed by atoms with Crippen molar-refractivity contribution in [2.75, 3.05) is 20.2 Å². The van der Waals surface area contributed by atoms with E-state index in [4.69, 9.17) is 4.74 Å². The van der Waals surface area contributed by atoms with Crippen LogP contribution < -0.4 is 4.74 Å². The first-order valence-electron chi connectivity index (χ1n) is 10.4. The Morgan fingerprint density at radius 1 is 1.10 bits per heavy atom. The first kappa shape index (κ1) is 22.3. The molecule has 0 spiro atoms. The van der Waals surface area contributed by atoms with Gasteiger partial charge >= 0.3 is 0 Å². The number of para-hydroxylation sites is 2. The summed E-state index contributed by atoms with van der Waals surface area (Å²) in [4.78, 5) is 15.3. The Morgan fingerprint density at radius 3 is 2.57 bits per heavy atom. The molecule has 0 amide bonds. The average Bonchev–Trinajstić information content (AvgIpc) is 3.10. The maximum Gasteiger partial charge on any atom is 0.183 e. The van der Waals surface area contributed by atoms with E-state index in [1.165, 1.54) is 5.56 Å². The number of fused-ring (bicyclic) bond motifs is 1. The van der Waals surface area contributed by atoms with Gasteiger partial charge in [0.25, 0.3) is 0 Å². The van der Waals surface area contributed by atoms with Crippen LogP contribution in [-0.2, 0) is 13.6 Å². The smallest absolute Gasteiger partial charge is 0.183 e. The van der Waals surface area contributed by atoms with Crippen molar-refractivity contribution in [1.29, 1.82) is 0 Å². The third-order valence-corrected chi connectivity index (χ3v) is 6.10. The number of ether oxygens (including phenoxy) is 1. The number of benzene rings is 2. The van der Waals surface area contributed by atoms with Crippen molar-refractivity contribution >= 4 is 29.1 Å². The van der Waals surface area contributed by atoms with E-state index in [1.54, 1.807) is 11.8 Å². The topological polar surface area (TPSA) is 47.4 Å². The quantitative estimate of drug-likeness (QED) is 0.504. The third-order valence-electron chi connectivity index (χ3n) is 6.10. The lowest BCUT2D eigenvalue weighted by Gasteiger charge is -2.32. The molecule has 2 heterocycles. The summed E-state index contributed by atoms with van der Waals surface area (Å²) in [5.41, 5.74) is 2.88. The average molecular weight is 428 g/mol. The predicted octanol–water partition coefficient (Wildman–Crippen LogP) is 4.88. The minimum atomic E-state index is 0. The molecule has 30 heavy (non-hydrogen) atoms. The van der Waals surface area contributed by atoms with Gasteiger partial charge in [0, 0.05) is 31.0 Å². The third kappa shape index (κ3) is 4.85. The Bertz CT molecular complexity index is 993. The summed E-state index contributed by atoms with van der Waals surface area (Å²) in [6, 6.07) is 16.2. The number of rotatable bonds is 7. The van der Waals surface area contributed by atoms with Crippen LogP contribution in [0.3, 0.4) is 0 Å². The summed E-state index contributed by atoms with van der Waals surface area (Å²) in [7, 11) is 3.63. The Hall–Kier alpha value is -2.37. The number of hydrogen-bond donors (Lipinski definition) is 0. The van der Waals surface area contributed by atoms with Crippen molar-refractivity contribution in [3.05, 3.63) is 59.8 Å². The lowest BCUT2D eigenvalue weighted by molar-refractivity contribution is 0.0957. The zero-order valence-corrected chi connectivity index (χ0v) is 18.5. The van der Waals surface area contributed by atoms with Gasteiger partial charge in [-0.05, 0) is 50.4 Å². The lowest BCUT2D eigenvalue weighted by atomic mass is 9.90. The van der Waals surface area contributed by atoms with Crippen LogP contribution >= 0.6 is 12.4 Å². The zero-order chi connectivity index (χ0) is 20.2. The number of carbonyl (C=O) groups excluding carboxylic acids is 1. The fourth-order valence-corrected chi connectivity index (χ4v) is 4.38. The van der Waals surface area contributed by atoms with Crippen molar-refractivity contribution in [3.8, 4) is 5.75 Å². The van der Waals surface area contributed by atoms with Gasteiger partial charge in [-0.2, -0.15) is 5.10 Å². The van der Waals surface area contributed by atoms with E-state index in [-0.39, 0.29) is 18.2 Å². The SMILES string of the molecule is COc1ccccc1CN1CCC(CCC(=O)c2nn(C)c3ccccc23)CC1.Cl. The maximum atomic E-state index is 12.8. The molecule has 0 radical (unpaired) electrons. The largest absolute Gasteiger partial charge is 0.496 e.